The Labute approximate surface area is 270 Å². The van der Waals surface area contributed by atoms with Crippen molar-refractivity contribution in [1.82, 2.24) is 29.5 Å². The van der Waals surface area contributed by atoms with Crippen LogP contribution in [0.25, 0.3) is 11.0 Å². The van der Waals surface area contributed by atoms with Gasteiger partial charge in [0.05, 0.1) is 46.1 Å². The van der Waals surface area contributed by atoms with E-state index in [2.05, 4.69) is 44.8 Å². The van der Waals surface area contributed by atoms with Crippen molar-refractivity contribution in [2.24, 2.45) is 0 Å². The Balaban J connectivity index is 0.000000708. The lowest BCUT2D eigenvalue weighted by atomic mass is 10.0. The van der Waals surface area contributed by atoms with Gasteiger partial charge in [0.15, 0.2) is 9.84 Å². The lowest BCUT2D eigenvalue weighted by molar-refractivity contribution is 0.597. The first-order chi connectivity index (χ1) is 21.0. The van der Waals surface area contributed by atoms with E-state index in [9.17, 15) is 13.7 Å². The molecule has 5 rings (SSSR count). The van der Waals surface area contributed by atoms with Crippen LogP contribution in [0.1, 0.15) is 140 Å². The molecule has 0 radical (unpaired) electrons. The quantitative estimate of drug-likeness (QED) is 0.216. The third-order valence-electron chi connectivity index (χ3n) is 5.82. The molecule has 44 heavy (non-hydrogen) atoms. The molecule has 4 aromatic heterocycles. The Hall–Kier alpha value is -3.23. The maximum atomic E-state index is 11.5. The fourth-order valence-electron chi connectivity index (χ4n) is 4.34. The van der Waals surface area contributed by atoms with Gasteiger partial charge in [-0.25, -0.2) is 33.3 Å². The van der Waals surface area contributed by atoms with Crippen LogP contribution < -0.4 is 0 Å². The lowest BCUT2D eigenvalue weighted by Gasteiger charge is -2.09. The fourth-order valence-corrected chi connectivity index (χ4v) is 6.46. The molecule has 0 aliphatic carbocycles. The van der Waals surface area contributed by atoms with Crippen molar-refractivity contribution in [2.45, 2.75) is 127 Å². The van der Waals surface area contributed by atoms with Crippen LogP contribution >= 0.6 is 11.3 Å². The number of aromatic nitrogens is 6. The van der Waals surface area contributed by atoms with Crippen LogP contribution in [0.2, 0.25) is 0 Å². The zero-order valence-corrected chi connectivity index (χ0v) is 30.9. The normalized spacial score (nSPS) is 12.1. The molecule has 4 aromatic rings. The van der Waals surface area contributed by atoms with Gasteiger partial charge < -0.3 is 4.57 Å². The van der Waals surface area contributed by atoms with Crippen molar-refractivity contribution in [3.8, 4) is 6.07 Å². The van der Waals surface area contributed by atoms with E-state index in [1.165, 1.54) is 0 Å². The molecule has 0 atom stereocenters. The predicted molar refractivity (Wildman–Crippen MR) is 185 cm³/mol. The summed E-state index contributed by atoms with van der Waals surface area (Å²) in [5.74, 6) is 2.07. The van der Waals surface area contributed by atoms with Crippen molar-refractivity contribution in [1.29, 1.82) is 5.26 Å². The highest BCUT2D eigenvalue weighted by Gasteiger charge is 2.30. The molecule has 5 heterocycles. The number of hydrogen-bond donors (Lipinski definition) is 0. The molecule has 1 aliphatic rings. The summed E-state index contributed by atoms with van der Waals surface area (Å²) in [7, 11) is -2.98. The van der Waals surface area contributed by atoms with Gasteiger partial charge in [0.25, 0.3) is 0 Å². The first-order valence-corrected chi connectivity index (χ1v) is 18.4. The Morgan fingerprint density at radius 3 is 1.91 bits per heavy atom. The van der Waals surface area contributed by atoms with Crippen LogP contribution in [0.15, 0.2) is 17.8 Å². The summed E-state index contributed by atoms with van der Waals surface area (Å²) in [5, 5.41) is 13.2. The fraction of sp³-hybridized carbons (Fsp3) is 0.576. The smallest absolute Gasteiger partial charge is 0.160 e. The monoisotopic (exact) mass is 643 g/mol. The number of aryl methyl sites for hydroxylation is 2. The number of rotatable bonds is 4. The van der Waals surface area contributed by atoms with Crippen LogP contribution in [0.5, 0.6) is 0 Å². The number of hydrogen-bond acceptors (Lipinski definition) is 9. The highest BCUT2D eigenvalue weighted by Crippen LogP contribution is 2.30. The topological polar surface area (TPSA) is 127 Å². The van der Waals surface area contributed by atoms with Gasteiger partial charge >= 0.3 is 0 Å². The Bertz CT molecular complexity index is 1570. The van der Waals surface area contributed by atoms with E-state index in [1.807, 2.05) is 92.3 Å². The minimum atomic E-state index is -2.98. The van der Waals surface area contributed by atoms with E-state index in [4.69, 9.17) is 0 Å². The minimum Gasteiger partial charge on any atom is -0.324 e. The molecule has 0 saturated heterocycles. The van der Waals surface area contributed by atoms with Crippen LogP contribution in [0.4, 0.5) is 0 Å². The largest absolute Gasteiger partial charge is 0.324 e. The van der Waals surface area contributed by atoms with Gasteiger partial charge in [0.2, 0.25) is 0 Å². The lowest BCUT2D eigenvalue weighted by Crippen LogP contribution is -2.04. The van der Waals surface area contributed by atoms with Gasteiger partial charge in [-0.05, 0) is 25.7 Å². The molecule has 9 nitrogen and oxygen atoms in total. The molecule has 0 N–H and O–H groups in total. The molecule has 0 saturated carbocycles. The third kappa shape index (κ3) is 10.7. The average Bonchev–Trinajstić information content (AvgIpc) is 3.73. The molecule has 11 heteroatoms. The number of fused-ring (bicyclic) bond motifs is 2. The van der Waals surface area contributed by atoms with E-state index in [-0.39, 0.29) is 23.3 Å². The molecular weight excluding hydrogens is 591 g/mol. The number of sulfone groups is 1. The van der Waals surface area contributed by atoms with Gasteiger partial charge in [-0.3, -0.25) is 0 Å². The highest BCUT2D eigenvalue weighted by molar-refractivity contribution is 7.90. The third-order valence-corrected chi connectivity index (χ3v) is 8.02. The number of thiazole rings is 1. The van der Waals surface area contributed by atoms with Gasteiger partial charge in [-0.2, -0.15) is 5.26 Å². The van der Waals surface area contributed by atoms with Crippen molar-refractivity contribution in [3.63, 3.8) is 0 Å². The molecule has 1 aliphatic heterocycles. The number of nitriles is 1. The van der Waals surface area contributed by atoms with Gasteiger partial charge in [-0.1, -0.05) is 83.1 Å². The summed E-state index contributed by atoms with van der Waals surface area (Å²) >= 11 is 1.60. The second-order valence-electron chi connectivity index (χ2n) is 9.49. The molecule has 0 spiro atoms. The Kier molecular flexibility index (Phi) is 18.5. The summed E-state index contributed by atoms with van der Waals surface area (Å²) in [4.78, 5) is 21.9. The summed E-state index contributed by atoms with van der Waals surface area (Å²) in [6.45, 7) is 28.5. The highest BCUT2D eigenvalue weighted by atomic mass is 32.2. The van der Waals surface area contributed by atoms with E-state index in [0.717, 1.165) is 38.8 Å². The zero-order chi connectivity index (χ0) is 34.2. The van der Waals surface area contributed by atoms with Crippen molar-refractivity contribution in [3.05, 3.63) is 62.6 Å². The van der Waals surface area contributed by atoms with Gasteiger partial charge in [0.1, 0.15) is 28.4 Å². The zero-order valence-electron chi connectivity index (χ0n) is 29.3. The second kappa shape index (κ2) is 19.9. The molecule has 244 valence electrons. The second-order valence-corrected chi connectivity index (χ2v) is 12.5. The summed E-state index contributed by atoms with van der Waals surface area (Å²) in [6, 6.07) is 2.27. The summed E-state index contributed by atoms with van der Waals surface area (Å²) < 4.78 is 25.0. The van der Waals surface area contributed by atoms with Crippen LogP contribution in [0.3, 0.4) is 0 Å². The van der Waals surface area contributed by atoms with Crippen molar-refractivity contribution in [2.75, 3.05) is 0 Å². The van der Waals surface area contributed by atoms with Crippen LogP contribution in [0, 0.1) is 25.2 Å². The molecule has 0 bridgehead atoms. The maximum absolute atomic E-state index is 11.5. The van der Waals surface area contributed by atoms with Crippen molar-refractivity contribution < 1.29 is 8.42 Å². The number of nitrogens with zero attached hydrogens (tertiary/aromatic N) is 7. The molecule has 0 fully saturated rings. The van der Waals surface area contributed by atoms with Crippen LogP contribution in [-0.4, -0.2) is 37.9 Å². The van der Waals surface area contributed by atoms with Gasteiger partial charge in [0, 0.05) is 23.3 Å². The first kappa shape index (κ1) is 40.8. The first-order valence-electron chi connectivity index (χ1n) is 15.7. The Morgan fingerprint density at radius 1 is 0.864 bits per heavy atom. The van der Waals surface area contributed by atoms with E-state index in [1.54, 1.807) is 24.5 Å². The molecule has 0 aromatic carbocycles. The summed E-state index contributed by atoms with van der Waals surface area (Å²) in [6.07, 6.45) is 3.64. The van der Waals surface area contributed by atoms with Crippen LogP contribution in [-0.2, 0) is 27.9 Å². The molecular formula is C33H53N7O2S2. The predicted octanol–water partition coefficient (Wildman–Crippen LogP) is 8.68. The summed E-state index contributed by atoms with van der Waals surface area (Å²) in [5.41, 5.74) is 4.80. The molecule has 0 unspecified atom stereocenters. The van der Waals surface area contributed by atoms with Crippen molar-refractivity contribution >= 4 is 32.2 Å². The maximum Gasteiger partial charge on any atom is 0.160 e. The van der Waals surface area contributed by atoms with E-state index >= 15 is 0 Å². The standard InChI is InChI=1S/C15H15N5S.C10H14N2O2S.4C2H6/c1-9(2)14-13-11(6-16)7-20(8-12-17-4-5-21-12)15(13)19-10(3)18-14;1-6(2)10-8-4-15(13,14)5-9(8)11-7(3)12-10;4*1-2/h4-5,7,9H,8H2,1-3H3;6H,4-5H2,1-3H3;4*1-2H3. The average molecular weight is 644 g/mol. The molecule has 0 amide bonds. The SMILES string of the molecule is CC.CC.CC.CC.Cc1nc(C(C)C)c2c(C#N)cn(Cc3nccs3)c2n1.Cc1nc2c(c(C(C)C)n1)CS(=O)(=O)C2. The van der Waals surface area contributed by atoms with Gasteiger partial charge in [-0.15, -0.1) is 11.3 Å². The Morgan fingerprint density at radius 2 is 1.41 bits per heavy atom. The van der Waals surface area contributed by atoms with E-state index in [0.29, 0.717) is 23.6 Å². The minimum absolute atomic E-state index is 0.0748. The van der Waals surface area contributed by atoms with E-state index < -0.39 is 9.84 Å².